The van der Waals surface area contributed by atoms with Crippen LogP contribution in [0.3, 0.4) is 0 Å². The van der Waals surface area contributed by atoms with Crippen molar-refractivity contribution in [2.75, 3.05) is 6.54 Å². The molecule has 0 saturated carbocycles. The molecule has 7 heteroatoms. The number of hydrogen-bond acceptors (Lipinski definition) is 3. The Balaban J connectivity index is 2.59. The molecule has 19 heavy (non-hydrogen) atoms. The van der Waals surface area contributed by atoms with Crippen LogP contribution in [0.5, 0.6) is 0 Å². The number of amides is 1. The SMILES string of the molecule is CC(C)(CCNC(=O)c1ncc(Br)cc1Br)C(=O)O. The molecule has 0 radical (unpaired) electrons. The highest BCUT2D eigenvalue weighted by atomic mass is 79.9. The smallest absolute Gasteiger partial charge is 0.309 e. The molecule has 0 unspecified atom stereocenters. The summed E-state index contributed by atoms with van der Waals surface area (Å²) < 4.78 is 1.35. The Morgan fingerprint density at radius 3 is 2.58 bits per heavy atom. The van der Waals surface area contributed by atoms with Crippen LogP contribution in [-0.2, 0) is 4.79 Å². The molecule has 1 amide bonds. The Bertz CT molecular complexity index is 504. The average molecular weight is 394 g/mol. The van der Waals surface area contributed by atoms with E-state index in [4.69, 9.17) is 5.11 Å². The second-order valence-electron chi connectivity index (χ2n) is 4.68. The lowest BCUT2D eigenvalue weighted by Crippen LogP contribution is -2.32. The molecule has 1 heterocycles. The van der Waals surface area contributed by atoms with Crippen LogP contribution >= 0.6 is 31.9 Å². The van der Waals surface area contributed by atoms with E-state index in [2.05, 4.69) is 42.2 Å². The first-order chi connectivity index (χ1) is 8.74. The van der Waals surface area contributed by atoms with E-state index in [1.54, 1.807) is 19.9 Å². The maximum absolute atomic E-state index is 11.9. The first kappa shape index (κ1) is 16.1. The number of aromatic nitrogens is 1. The van der Waals surface area contributed by atoms with Gasteiger partial charge < -0.3 is 10.4 Å². The van der Waals surface area contributed by atoms with Gasteiger partial charge in [0.25, 0.3) is 5.91 Å². The fourth-order valence-corrected chi connectivity index (χ4v) is 2.43. The van der Waals surface area contributed by atoms with E-state index in [0.29, 0.717) is 10.9 Å². The molecule has 0 aliphatic carbocycles. The monoisotopic (exact) mass is 392 g/mol. The minimum Gasteiger partial charge on any atom is -0.481 e. The van der Waals surface area contributed by atoms with Gasteiger partial charge in [0, 0.05) is 17.2 Å². The molecule has 0 fully saturated rings. The molecule has 0 saturated heterocycles. The van der Waals surface area contributed by atoms with E-state index in [-0.39, 0.29) is 18.1 Å². The lowest BCUT2D eigenvalue weighted by molar-refractivity contribution is -0.147. The normalized spacial score (nSPS) is 11.2. The van der Waals surface area contributed by atoms with Gasteiger partial charge in [-0.3, -0.25) is 9.59 Å². The summed E-state index contributed by atoms with van der Waals surface area (Å²) in [5.74, 6) is -1.22. The van der Waals surface area contributed by atoms with Crippen LogP contribution in [0.15, 0.2) is 21.2 Å². The van der Waals surface area contributed by atoms with Crippen molar-refractivity contribution in [3.63, 3.8) is 0 Å². The number of hydrogen-bond donors (Lipinski definition) is 2. The number of aliphatic carboxylic acids is 1. The molecule has 5 nitrogen and oxygen atoms in total. The van der Waals surface area contributed by atoms with Crippen molar-refractivity contribution in [3.8, 4) is 0 Å². The number of nitrogens with zero attached hydrogens (tertiary/aromatic N) is 1. The number of carbonyl (C=O) groups excluding carboxylic acids is 1. The third kappa shape index (κ3) is 4.58. The van der Waals surface area contributed by atoms with Gasteiger partial charge in [0.1, 0.15) is 5.69 Å². The van der Waals surface area contributed by atoms with Gasteiger partial charge in [0.05, 0.1) is 9.89 Å². The first-order valence-electron chi connectivity index (χ1n) is 5.56. The van der Waals surface area contributed by atoms with Crippen LogP contribution in [0.4, 0.5) is 0 Å². The van der Waals surface area contributed by atoms with Crippen molar-refractivity contribution < 1.29 is 14.7 Å². The number of carboxylic acids is 1. The Kier molecular flexibility index (Phi) is 5.49. The Morgan fingerprint density at radius 2 is 2.05 bits per heavy atom. The molecule has 104 valence electrons. The molecular weight excluding hydrogens is 380 g/mol. The summed E-state index contributed by atoms with van der Waals surface area (Å²) in [7, 11) is 0. The van der Waals surface area contributed by atoms with Crippen LogP contribution in [0.25, 0.3) is 0 Å². The molecule has 2 N–H and O–H groups in total. The summed E-state index contributed by atoms with van der Waals surface area (Å²) >= 11 is 6.51. The van der Waals surface area contributed by atoms with Crippen molar-refractivity contribution in [1.82, 2.24) is 10.3 Å². The van der Waals surface area contributed by atoms with Crippen molar-refractivity contribution in [2.45, 2.75) is 20.3 Å². The lowest BCUT2D eigenvalue weighted by atomic mass is 9.90. The maximum atomic E-state index is 11.9. The van der Waals surface area contributed by atoms with E-state index >= 15 is 0 Å². The third-order valence-corrected chi connectivity index (χ3v) is 3.68. The van der Waals surface area contributed by atoms with E-state index in [1.807, 2.05) is 0 Å². The summed E-state index contributed by atoms with van der Waals surface area (Å²) in [6.07, 6.45) is 1.88. The van der Waals surface area contributed by atoms with Crippen LogP contribution in [0, 0.1) is 5.41 Å². The number of rotatable bonds is 5. The molecule has 0 aromatic carbocycles. The maximum Gasteiger partial charge on any atom is 0.309 e. The average Bonchev–Trinajstić information content (AvgIpc) is 2.28. The largest absolute Gasteiger partial charge is 0.481 e. The number of pyridine rings is 1. The summed E-state index contributed by atoms with van der Waals surface area (Å²) in [4.78, 5) is 26.8. The van der Waals surface area contributed by atoms with E-state index in [9.17, 15) is 9.59 Å². The van der Waals surface area contributed by atoms with Crippen molar-refractivity contribution in [3.05, 3.63) is 26.9 Å². The minimum atomic E-state index is -0.885. The van der Waals surface area contributed by atoms with Crippen molar-refractivity contribution >= 4 is 43.7 Å². The molecule has 1 aromatic rings. The zero-order valence-corrected chi connectivity index (χ0v) is 13.7. The quantitative estimate of drug-likeness (QED) is 0.806. The fraction of sp³-hybridized carbons (Fsp3) is 0.417. The minimum absolute atomic E-state index is 0.274. The Morgan fingerprint density at radius 1 is 1.42 bits per heavy atom. The predicted octanol–water partition coefficient (Wildman–Crippen LogP) is 2.84. The second-order valence-corrected chi connectivity index (χ2v) is 6.45. The zero-order valence-electron chi connectivity index (χ0n) is 10.5. The number of carboxylic acid groups (broad SMARTS) is 1. The van der Waals surface area contributed by atoms with E-state index in [0.717, 1.165) is 4.47 Å². The van der Waals surface area contributed by atoms with Gasteiger partial charge in [-0.15, -0.1) is 0 Å². The van der Waals surface area contributed by atoms with E-state index < -0.39 is 11.4 Å². The van der Waals surface area contributed by atoms with Gasteiger partial charge >= 0.3 is 5.97 Å². The summed E-state index contributed by atoms with van der Waals surface area (Å²) in [6, 6.07) is 1.73. The molecule has 1 aromatic heterocycles. The molecule has 0 spiro atoms. The molecule has 0 aliphatic heterocycles. The van der Waals surface area contributed by atoms with Gasteiger partial charge in [-0.25, -0.2) is 4.98 Å². The predicted molar refractivity (Wildman–Crippen MR) is 78.0 cm³/mol. The fourth-order valence-electron chi connectivity index (χ4n) is 1.26. The molecular formula is C12H14Br2N2O3. The number of carbonyl (C=O) groups is 2. The molecule has 0 atom stereocenters. The van der Waals surface area contributed by atoms with Crippen LogP contribution in [-0.4, -0.2) is 28.5 Å². The molecule has 0 bridgehead atoms. The molecule has 0 aliphatic rings. The van der Waals surface area contributed by atoms with Gasteiger partial charge in [-0.05, 0) is 58.2 Å². The lowest BCUT2D eigenvalue weighted by Gasteiger charge is -2.18. The molecule has 1 rings (SSSR count). The van der Waals surface area contributed by atoms with Crippen molar-refractivity contribution in [1.29, 1.82) is 0 Å². The van der Waals surface area contributed by atoms with Crippen molar-refractivity contribution in [2.24, 2.45) is 5.41 Å². The third-order valence-electron chi connectivity index (χ3n) is 2.64. The second kappa shape index (κ2) is 6.47. The zero-order chi connectivity index (χ0) is 14.6. The summed E-state index contributed by atoms with van der Waals surface area (Å²) in [6.45, 7) is 3.52. The van der Waals surface area contributed by atoms with Gasteiger partial charge in [0.15, 0.2) is 0 Å². The first-order valence-corrected chi connectivity index (χ1v) is 7.15. The highest BCUT2D eigenvalue weighted by Crippen LogP contribution is 2.21. The van der Waals surface area contributed by atoms with Crippen LogP contribution in [0.1, 0.15) is 30.8 Å². The topological polar surface area (TPSA) is 79.3 Å². The highest BCUT2D eigenvalue weighted by molar-refractivity contribution is 9.11. The van der Waals surface area contributed by atoms with Gasteiger partial charge in [0.2, 0.25) is 0 Å². The number of halogens is 2. The van der Waals surface area contributed by atoms with Crippen LogP contribution in [0.2, 0.25) is 0 Å². The van der Waals surface area contributed by atoms with Crippen LogP contribution < -0.4 is 5.32 Å². The Hall–Kier alpha value is -0.950. The summed E-state index contributed by atoms with van der Waals surface area (Å²) in [5, 5.41) is 11.6. The summed E-state index contributed by atoms with van der Waals surface area (Å²) in [5.41, 5.74) is -0.589. The number of nitrogens with one attached hydrogen (secondary N) is 1. The van der Waals surface area contributed by atoms with Gasteiger partial charge in [-0.1, -0.05) is 0 Å². The standard InChI is InChI=1S/C12H14Br2N2O3/c1-12(2,11(18)19)3-4-15-10(17)9-8(14)5-7(13)6-16-9/h5-6H,3-4H2,1-2H3,(H,15,17)(H,18,19). The Labute approximate surface area is 128 Å². The van der Waals surface area contributed by atoms with Gasteiger partial charge in [-0.2, -0.15) is 0 Å². The van der Waals surface area contributed by atoms with E-state index in [1.165, 1.54) is 6.20 Å². The highest BCUT2D eigenvalue weighted by Gasteiger charge is 2.26.